The van der Waals surface area contributed by atoms with E-state index in [1.165, 1.54) is 0 Å². The van der Waals surface area contributed by atoms with Gasteiger partial charge in [-0.25, -0.2) is 9.97 Å². The maximum Gasteiger partial charge on any atom is 0.291 e. The molecule has 0 aliphatic heterocycles. The minimum Gasteiger partial charge on any atom is -0.336 e. The Balaban J connectivity index is 2.19. The van der Waals surface area contributed by atoms with Gasteiger partial charge in [0, 0.05) is 29.1 Å². The van der Waals surface area contributed by atoms with Crippen LogP contribution < -0.4 is 0 Å². The van der Waals surface area contributed by atoms with Gasteiger partial charge in [-0.15, -0.1) is 0 Å². The first-order valence-corrected chi connectivity index (χ1v) is 8.69. The number of fused-ring (bicyclic) bond motifs is 1. The lowest BCUT2D eigenvalue weighted by molar-refractivity contribution is 0.0728. The quantitative estimate of drug-likeness (QED) is 0.675. The van der Waals surface area contributed by atoms with Gasteiger partial charge in [0.25, 0.3) is 5.91 Å². The number of rotatable bonds is 4. The van der Waals surface area contributed by atoms with Crippen LogP contribution >= 0.6 is 11.6 Å². The molecular weight excluding hydrogens is 334 g/mol. The summed E-state index contributed by atoms with van der Waals surface area (Å²) < 4.78 is 0. The van der Waals surface area contributed by atoms with Gasteiger partial charge in [-0.05, 0) is 31.5 Å². The van der Waals surface area contributed by atoms with Gasteiger partial charge in [-0.2, -0.15) is 0 Å². The molecule has 3 rings (SSSR count). The maximum absolute atomic E-state index is 12.8. The van der Waals surface area contributed by atoms with Gasteiger partial charge in [0.2, 0.25) is 5.82 Å². The van der Waals surface area contributed by atoms with E-state index in [0.717, 1.165) is 17.4 Å². The molecule has 1 aromatic heterocycles. The average molecular weight is 354 g/mol. The van der Waals surface area contributed by atoms with Crippen LogP contribution in [0.15, 0.2) is 48.5 Å². The van der Waals surface area contributed by atoms with Crippen molar-refractivity contribution in [2.75, 3.05) is 7.05 Å². The largest absolute Gasteiger partial charge is 0.336 e. The van der Waals surface area contributed by atoms with Crippen LogP contribution in [0.1, 0.15) is 30.9 Å². The Hall–Kier alpha value is -2.46. The highest BCUT2D eigenvalue weighted by Gasteiger charge is 2.21. The van der Waals surface area contributed by atoms with Crippen molar-refractivity contribution in [2.45, 2.75) is 26.3 Å². The Morgan fingerprint density at radius 2 is 1.88 bits per heavy atom. The first kappa shape index (κ1) is 17.4. The normalized spacial score (nSPS) is 12.2. The molecule has 25 heavy (non-hydrogen) atoms. The van der Waals surface area contributed by atoms with Crippen molar-refractivity contribution in [3.63, 3.8) is 0 Å². The monoisotopic (exact) mass is 353 g/mol. The van der Waals surface area contributed by atoms with Crippen LogP contribution in [0.2, 0.25) is 5.02 Å². The number of halogens is 1. The lowest BCUT2D eigenvalue weighted by Gasteiger charge is -2.23. The number of hydrogen-bond acceptors (Lipinski definition) is 3. The number of hydrogen-bond donors (Lipinski definition) is 0. The number of carbonyl (C=O) groups is 1. The minimum atomic E-state index is -0.177. The molecule has 1 heterocycles. The topological polar surface area (TPSA) is 46.1 Å². The maximum atomic E-state index is 12.8. The molecule has 0 radical (unpaired) electrons. The summed E-state index contributed by atoms with van der Waals surface area (Å²) in [5, 5.41) is 1.45. The van der Waals surface area contributed by atoms with Crippen LogP contribution in [0.4, 0.5) is 0 Å². The van der Waals surface area contributed by atoms with E-state index in [9.17, 15) is 4.79 Å². The van der Waals surface area contributed by atoms with E-state index in [4.69, 9.17) is 11.6 Å². The molecule has 0 bridgehead atoms. The summed E-state index contributed by atoms with van der Waals surface area (Å²) in [6.07, 6.45) is 0.872. The minimum absolute atomic E-state index is 0.122. The molecule has 0 fully saturated rings. The van der Waals surface area contributed by atoms with E-state index in [-0.39, 0.29) is 17.8 Å². The van der Waals surface area contributed by atoms with E-state index in [1.807, 2.05) is 56.3 Å². The second-order valence-corrected chi connectivity index (χ2v) is 6.53. The summed E-state index contributed by atoms with van der Waals surface area (Å²) in [6, 6.07) is 15.3. The number of amides is 1. The molecule has 1 unspecified atom stereocenters. The van der Waals surface area contributed by atoms with Gasteiger partial charge in [-0.3, -0.25) is 4.79 Å². The van der Waals surface area contributed by atoms with Crippen molar-refractivity contribution >= 4 is 28.4 Å². The van der Waals surface area contributed by atoms with Gasteiger partial charge in [0.1, 0.15) is 0 Å². The molecule has 0 aliphatic carbocycles. The first-order valence-electron chi connectivity index (χ1n) is 8.31. The highest BCUT2D eigenvalue weighted by Crippen LogP contribution is 2.28. The summed E-state index contributed by atoms with van der Waals surface area (Å²) in [4.78, 5) is 23.6. The average Bonchev–Trinajstić information content (AvgIpc) is 2.66. The molecule has 5 heteroatoms. The van der Waals surface area contributed by atoms with E-state index in [2.05, 4.69) is 9.97 Å². The van der Waals surface area contributed by atoms with E-state index in [1.54, 1.807) is 18.0 Å². The highest BCUT2D eigenvalue weighted by molar-refractivity contribution is 6.31. The Bertz CT molecular complexity index is 911. The summed E-state index contributed by atoms with van der Waals surface area (Å²) in [5.74, 6) is 0.0276. The van der Waals surface area contributed by atoms with Crippen LogP contribution in [-0.4, -0.2) is 33.9 Å². The third-order valence-electron chi connectivity index (χ3n) is 4.47. The van der Waals surface area contributed by atoms with Crippen LogP contribution in [-0.2, 0) is 0 Å². The predicted molar refractivity (Wildman–Crippen MR) is 102 cm³/mol. The van der Waals surface area contributed by atoms with E-state index in [0.29, 0.717) is 16.2 Å². The lowest BCUT2D eigenvalue weighted by atomic mass is 10.1. The van der Waals surface area contributed by atoms with Gasteiger partial charge in [0.15, 0.2) is 0 Å². The molecule has 2 aromatic carbocycles. The third kappa shape index (κ3) is 3.49. The van der Waals surface area contributed by atoms with Crippen molar-refractivity contribution in [1.82, 2.24) is 14.9 Å². The Labute approximate surface area is 152 Å². The molecule has 3 aromatic rings. The van der Waals surface area contributed by atoms with Gasteiger partial charge >= 0.3 is 0 Å². The molecular formula is C20H20ClN3O. The van der Waals surface area contributed by atoms with Gasteiger partial charge in [-0.1, -0.05) is 48.9 Å². The summed E-state index contributed by atoms with van der Waals surface area (Å²) in [6.45, 7) is 4.06. The molecule has 1 atom stereocenters. The third-order valence-corrected chi connectivity index (χ3v) is 4.70. The zero-order valence-electron chi connectivity index (χ0n) is 14.5. The van der Waals surface area contributed by atoms with Crippen LogP contribution in [0.5, 0.6) is 0 Å². The van der Waals surface area contributed by atoms with Gasteiger partial charge < -0.3 is 4.90 Å². The zero-order valence-corrected chi connectivity index (χ0v) is 15.3. The van der Waals surface area contributed by atoms with E-state index >= 15 is 0 Å². The molecule has 1 amide bonds. The second kappa shape index (κ2) is 7.19. The molecule has 0 saturated carbocycles. The van der Waals surface area contributed by atoms with Gasteiger partial charge in [0.05, 0.1) is 11.2 Å². The Morgan fingerprint density at radius 3 is 2.56 bits per heavy atom. The number of nitrogens with zero attached hydrogens (tertiary/aromatic N) is 3. The Morgan fingerprint density at radius 1 is 1.16 bits per heavy atom. The fourth-order valence-corrected chi connectivity index (χ4v) is 2.82. The molecule has 0 N–H and O–H groups in total. The number of carbonyl (C=O) groups excluding carboxylic acids is 1. The summed E-state index contributed by atoms with van der Waals surface area (Å²) in [7, 11) is 1.79. The standard InChI is InChI=1S/C20H20ClN3O/c1-4-13(2)24(3)20(25)19-22-17-11-10-15(21)12-16(17)18(23-19)14-8-6-5-7-9-14/h5-13H,4H2,1-3H3. The second-order valence-electron chi connectivity index (χ2n) is 6.10. The molecule has 128 valence electrons. The molecule has 0 saturated heterocycles. The SMILES string of the molecule is CCC(C)N(C)C(=O)c1nc(-c2ccccc2)c2cc(Cl)ccc2n1. The first-order chi connectivity index (χ1) is 12.0. The van der Waals surface area contributed by atoms with Crippen LogP contribution in [0.3, 0.4) is 0 Å². The van der Waals surface area contributed by atoms with E-state index < -0.39 is 0 Å². The smallest absolute Gasteiger partial charge is 0.291 e. The van der Waals surface area contributed by atoms with Crippen molar-refractivity contribution < 1.29 is 4.79 Å². The molecule has 0 spiro atoms. The molecule has 4 nitrogen and oxygen atoms in total. The fraction of sp³-hybridized carbons (Fsp3) is 0.250. The van der Waals surface area contributed by atoms with Crippen molar-refractivity contribution in [2.24, 2.45) is 0 Å². The zero-order chi connectivity index (χ0) is 18.0. The fourth-order valence-electron chi connectivity index (χ4n) is 2.64. The van der Waals surface area contributed by atoms with Crippen LogP contribution in [0, 0.1) is 0 Å². The number of benzene rings is 2. The number of aromatic nitrogens is 2. The van der Waals surface area contributed by atoms with Crippen molar-refractivity contribution in [3.8, 4) is 11.3 Å². The van der Waals surface area contributed by atoms with Crippen molar-refractivity contribution in [1.29, 1.82) is 0 Å². The Kier molecular flexibility index (Phi) is 5.00. The lowest BCUT2D eigenvalue weighted by Crippen LogP contribution is -2.35. The summed E-state index contributed by atoms with van der Waals surface area (Å²) >= 11 is 6.16. The highest BCUT2D eigenvalue weighted by atomic mass is 35.5. The summed E-state index contributed by atoms with van der Waals surface area (Å²) in [5.41, 5.74) is 2.35. The predicted octanol–water partition coefficient (Wildman–Crippen LogP) is 4.82. The van der Waals surface area contributed by atoms with Crippen LogP contribution in [0.25, 0.3) is 22.2 Å². The van der Waals surface area contributed by atoms with Crippen molar-refractivity contribution in [3.05, 3.63) is 59.4 Å². The molecule has 0 aliphatic rings.